The highest BCUT2D eigenvalue weighted by Gasteiger charge is 2.00. The molecule has 1 rings (SSSR count). The molecule has 0 spiro atoms. The molecule has 1 aromatic rings. The van der Waals surface area contributed by atoms with Gasteiger partial charge in [0.25, 0.3) is 0 Å². The summed E-state index contributed by atoms with van der Waals surface area (Å²) in [6.07, 6.45) is 5.67. The second-order valence-electron chi connectivity index (χ2n) is 3.96. The molecule has 0 amide bonds. The van der Waals surface area contributed by atoms with Crippen molar-refractivity contribution in [2.75, 3.05) is 7.11 Å². The van der Waals surface area contributed by atoms with Gasteiger partial charge in [0.15, 0.2) is 0 Å². The number of halogens is 1. The van der Waals surface area contributed by atoms with Crippen LogP contribution in [0.1, 0.15) is 44.6 Å². The van der Waals surface area contributed by atoms with Crippen molar-refractivity contribution in [3.05, 3.63) is 29.6 Å². The minimum absolute atomic E-state index is 0.277. The van der Waals surface area contributed by atoms with Crippen LogP contribution in [0.2, 0.25) is 0 Å². The monoisotopic (exact) mass is 234 g/mol. The molecule has 0 heterocycles. The first-order valence-corrected chi connectivity index (χ1v) is 6.10. The maximum Gasteiger partial charge on any atom is 0.134 e. The first-order chi connectivity index (χ1) is 8.27. The fraction of sp³-hybridized carbons (Fsp3) is 0.467. The van der Waals surface area contributed by atoms with Crippen LogP contribution in [-0.2, 0) is 0 Å². The van der Waals surface area contributed by atoms with E-state index in [-0.39, 0.29) is 5.82 Å². The second kappa shape index (κ2) is 7.73. The van der Waals surface area contributed by atoms with E-state index in [1.54, 1.807) is 13.2 Å². The van der Waals surface area contributed by atoms with E-state index in [2.05, 4.69) is 18.8 Å². The Labute approximate surface area is 103 Å². The molecule has 17 heavy (non-hydrogen) atoms. The number of benzene rings is 1. The van der Waals surface area contributed by atoms with Gasteiger partial charge in [0.05, 0.1) is 12.7 Å². The third kappa shape index (κ3) is 4.91. The molecular formula is C15H19FO. The van der Waals surface area contributed by atoms with E-state index >= 15 is 0 Å². The third-order valence-corrected chi connectivity index (χ3v) is 2.54. The fourth-order valence-corrected chi connectivity index (χ4v) is 1.58. The van der Waals surface area contributed by atoms with Crippen molar-refractivity contribution in [2.24, 2.45) is 0 Å². The van der Waals surface area contributed by atoms with E-state index in [4.69, 9.17) is 4.74 Å². The molecule has 0 saturated carbocycles. The molecule has 0 aliphatic carbocycles. The van der Waals surface area contributed by atoms with Crippen LogP contribution in [-0.4, -0.2) is 7.11 Å². The topological polar surface area (TPSA) is 9.23 Å². The summed E-state index contributed by atoms with van der Waals surface area (Å²) in [7, 11) is 1.57. The van der Waals surface area contributed by atoms with Crippen LogP contribution >= 0.6 is 0 Å². The van der Waals surface area contributed by atoms with Crippen molar-refractivity contribution in [2.45, 2.75) is 39.0 Å². The second-order valence-corrected chi connectivity index (χ2v) is 3.96. The van der Waals surface area contributed by atoms with E-state index in [0.29, 0.717) is 11.3 Å². The summed E-state index contributed by atoms with van der Waals surface area (Å²) in [5.74, 6) is 6.39. The summed E-state index contributed by atoms with van der Waals surface area (Å²) in [6.45, 7) is 2.18. The predicted molar refractivity (Wildman–Crippen MR) is 68.6 cm³/mol. The van der Waals surface area contributed by atoms with Crippen LogP contribution < -0.4 is 4.74 Å². The molecule has 0 aliphatic rings. The molecule has 0 saturated heterocycles. The highest BCUT2D eigenvalue weighted by atomic mass is 19.1. The number of hydrogen-bond acceptors (Lipinski definition) is 1. The van der Waals surface area contributed by atoms with Gasteiger partial charge in [0, 0.05) is 6.42 Å². The molecule has 2 heteroatoms. The molecule has 0 bridgehead atoms. The molecule has 0 N–H and O–H groups in total. The normalized spacial score (nSPS) is 9.59. The Morgan fingerprint density at radius 2 is 2.06 bits per heavy atom. The van der Waals surface area contributed by atoms with Crippen molar-refractivity contribution < 1.29 is 9.13 Å². The quantitative estimate of drug-likeness (QED) is 0.549. The van der Waals surface area contributed by atoms with Gasteiger partial charge in [-0.15, -0.1) is 0 Å². The highest BCUT2D eigenvalue weighted by molar-refractivity contribution is 5.46. The van der Waals surface area contributed by atoms with Crippen LogP contribution in [0.4, 0.5) is 4.39 Å². The van der Waals surface area contributed by atoms with Gasteiger partial charge in [-0.05, 0) is 24.6 Å². The van der Waals surface area contributed by atoms with Crippen LogP contribution in [0.5, 0.6) is 5.75 Å². The molecule has 0 unspecified atom stereocenters. The summed E-state index contributed by atoms with van der Waals surface area (Å²) >= 11 is 0. The van der Waals surface area contributed by atoms with E-state index in [0.717, 1.165) is 12.8 Å². The lowest BCUT2D eigenvalue weighted by Gasteiger charge is -2.02. The number of hydrogen-bond donors (Lipinski definition) is 0. The Hall–Kier alpha value is -1.49. The highest BCUT2D eigenvalue weighted by Crippen LogP contribution is 2.17. The zero-order valence-electron chi connectivity index (χ0n) is 10.6. The van der Waals surface area contributed by atoms with Gasteiger partial charge in [-0.3, -0.25) is 0 Å². The molecule has 0 radical (unpaired) electrons. The zero-order chi connectivity index (χ0) is 12.5. The Kier molecular flexibility index (Phi) is 6.17. The molecule has 1 aromatic carbocycles. The molecule has 0 aliphatic heterocycles. The van der Waals surface area contributed by atoms with Crippen LogP contribution in [0.25, 0.3) is 0 Å². The third-order valence-electron chi connectivity index (χ3n) is 2.54. The minimum atomic E-state index is -0.277. The Morgan fingerprint density at radius 3 is 2.76 bits per heavy atom. The fourth-order valence-electron chi connectivity index (χ4n) is 1.58. The first-order valence-electron chi connectivity index (χ1n) is 6.10. The van der Waals surface area contributed by atoms with Gasteiger partial charge in [0.1, 0.15) is 11.6 Å². The van der Waals surface area contributed by atoms with Crippen LogP contribution in [0, 0.1) is 17.7 Å². The van der Waals surface area contributed by atoms with Crippen molar-refractivity contribution in [1.82, 2.24) is 0 Å². The Bertz CT molecular complexity index is 401. The summed E-state index contributed by atoms with van der Waals surface area (Å²) in [6, 6.07) is 4.40. The summed E-state index contributed by atoms with van der Waals surface area (Å²) in [5.41, 5.74) is 0.628. The predicted octanol–water partition coefficient (Wildman–Crippen LogP) is 4.16. The minimum Gasteiger partial charge on any atom is -0.495 e. The molecular weight excluding hydrogens is 215 g/mol. The largest absolute Gasteiger partial charge is 0.495 e. The van der Waals surface area contributed by atoms with Crippen molar-refractivity contribution in [3.63, 3.8) is 0 Å². The smallest absolute Gasteiger partial charge is 0.134 e. The lowest BCUT2D eigenvalue weighted by molar-refractivity contribution is 0.412. The molecule has 1 nitrogen and oxygen atoms in total. The van der Waals surface area contributed by atoms with Crippen molar-refractivity contribution >= 4 is 0 Å². The standard InChI is InChI=1S/C15H19FO/c1-3-4-5-6-7-8-9-13-12-14(16)10-11-15(13)17-2/h10-12H,3-7H2,1-2H3. The van der Waals surface area contributed by atoms with Crippen molar-refractivity contribution in [1.29, 1.82) is 0 Å². The molecule has 0 aromatic heterocycles. The Balaban J connectivity index is 2.55. The lowest BCUT2D eigenvalue weighted by atomic mass is 10.1. The summed E-state index contributed by atoms with van der Waals surface area (Å²) in [5, 5.41) is 0. The SMILES string of the molecule is CCCCCCC#Cc1cc(F)ccc1OC. The average molecular weight is 234 g/mol. The molecule has 0 atom stereocenters. The van der Waals surface area contributed by atoms with E-state index in [1.165, 1.54) is 31.4 Å². The van der Waals surface area contributed by atoms with Gasteiger partial charge in [-0.25, -0.2) is 4.39 Å². The number of rotatable bonds is 5. The van der Waals surface area contributed by atoms with E-state index < -0.39 is 0 Å². The van der Waals surface area contributed by atoms with E-state index in [1.807, 2.05) is 0 Å². The molecule has 0 fully saturated rings. The lowest BCUT2D eigenvalue weighted by Crippen LogP contribution is -1.88. The average Bonchev–Trinajstić information content (AvgIpc) is 2.34. The summed E-state index contributed by atoms with van der Waals surface area (Å²) in [4.78, 5) is 0. The number of unbranched alkanes of at least 4 members (excludes halogenated alkanes) is 4. The van der Waals surface area contributed by atoms with Gasteiger partial charge >= 0.3 is 0 Å². The van der Waals surface area contributed by atoms with Gasteiger partial charge in [-0.2, -0.15) is 0 Å². The van der Waals surface area contributed by atoms with Crippen LogP contribution in [0.15, 0.2) is 18.2 Å². The van der Waals surface area contributed by atoms with Crippen LogP contribution in [0.3, 0.4) is 0 Å². The Morgan fingerprint density at radius 1 is 1.24 bits per heavy atom. The molecule has 92 valence electrons. The maximum absolute atomic E-state index is 13.0. The number of methoxy groups -OCH3 is 1. The zero-order valence-corrected chi connectivity index (χ0v) is 10.6. The van der Waals surface area contributed by atoms with Gasteiger partial charge in [-0.1, -0.05) is 38.0 Å². The van der Waals surface area contributed by atoms with Crippen molar-refractivity contribution in [3.8, 4) is 17.6 Å². The number of ether oxygens (including phenoxy) is 1. The van der Waals surface area contributed by atoms with Gasteiger partial charge < -0.3 is 4.74 Å². The maximum atomic E-state index is 13.0. The van der Waals surface area contributed by atoms with Gasteiger partial charge in [0.2, 0.25) is 0 Å². The van der Waals surface area contributed by atoms with E-state index in [9.17, 15) is 4.39 Å². The first kappa shape index (κ1) is 13.6. The summed E-state index contributed by atoms with van der Waals surface area (Å²) < 4.78 is 18.2.